The molecular formula is C10H16N4O4S. The lowest BCUT2D eigenvalue weighted by molar-refractivity contribution is -0.386. The zero-order valence-electron chi connectivity index (χ0n) is 10.5. The molecule has 1 aromatic rings. The molecular weight excluding hydrogens is 272 g/mol. The fourth-order valence-corrected chi connectivity index (χ4v) is 2.72. The topological polar surface area (TPSA) is 128 Å². The number of nitrogens with zero attached hydrogens (tertiary/aromatic N) is 2. The van der Waals surface area contributed by atoms with E-state index in [-0.39, 0.29) is 12.2 Å². The largest absolute Gasteiger partial charge is 0.392 e. The Labute approximate surface area is 111 Å². The molecule has 1 heterocycles. The van der Waals surface area contributed by atoms with E-state index in [2.05, 4.69) is 9.71 Å². The first-order valence-corrected chi connectivity index (χ1v) is 7.26. The van der Waals surface area contributed by atoms with Crippen LogP contribution in [-0.2, 0) is 10.0 Å². The summed E-state index contributed by atoms with van der Waals surface area (Å²) in [4.78, 5) is 13.1. The SMILES string of the molecule is CCCCCNS(=O)(=O)c1cncc(N)c1[N+](=O)[O-]. The number of nitro groups is 1. The van der Waals surface area contributed by atoms with Crippen LogP contribution >= 0.6 is 0 Å². The molecule has 19 heavy (non-hydrogen) atoms. The van der Waals surface area contributed by atoms with E-state index in [9.17, 15) is 18.5 Å². The number of nitrogens with two attached hydrogens (primary N) is 1. The number of hydrogen-bond donors (Lipinski definition) is 2. The molecule has 0 amide bonds. The average Bonchev–Trinajstić information content (AvgIpc) is 2.34. The van der Waals surface area contributed by atoms with E-state index in [1.165, 1.54) is 0 Å². The van der Waals surface area contributed by atoms with Gasteiger partial charge in [0.15, 0.2) is 4.90 Å². The molecule has 0 atom stereocenters. The van der Waals surface area contributed by atoms with E-state index in [0.29, 0.717) is 6.42 Å². The molecule has 3 N–H and O–H groups in total. The van der Waals surface area contributed by atoms with Crippen LogP contribution in [0.25, 0.3) is 0 Å². The van der Waals surface area contributed by atoms with Gasteiger partial charge >= 0.3 is 5.69 Å². The Kier molecular flexibility index (Phi) is 5.19. The third kappa shape index (κ3) is 3.86. The van der Waals surface area contributed by atoms with E-state index >= 15 is 0 Å². The Balaban J connectivity index is 3.01. The highest BCUT2D eigenvalue weighted by Crippen LogP contribution is 2.28. The summed E-state index contributed by atoms with van der Waals surface area (Å²) in [5.41, 5.74) is 4.48. The van der Waals surface area contributed by atoms with E-state index < -0.39 is 25.5 Å². The van der Waals surface area contributed by atoms with Crippen molar-refractivity contribution >= 4 is 21.4 Å². The predicted octanol–water partition coefficient (Wildman–Crippen LogP) is 1.04. The van der Waals surface area contributed by atoms with Crippen molar-refractivity contribution in [2.24, 2.45) is 0 Å². The number of hydrogen-bond acceptors (Lipinski definition) is 6. The van der Waals surface area contributed by atoms with Gasteiger partial charge in [0.05, 0.1) is 17.3 Å². The lowest BCUT2D eigenvalue weighted by Crippen LogP contribution is -2.26. The summed E-state index contributed by atoms with van der Waals surface area (Å²) in [5, 5.41) is 10.9. The maximum absolute atomic E-state index is 12.0. The Hall–Kier alpha value is -1.74. The molecule has 0 saturated carbocycles. The highest BCUT2D eigenvalue weighted by atomic mass is 32.2. The lowest BCUT2D eigenvalue weighted by Gasteiger charge is -2.07. The smallest absolute Gasteiger partial charge is 0.315 e. The standard InChI is InChI=1S/C10H16N4O4S/c1-2-3-4-5-13-19(17,18)9-7-12-6-8(11)10(9)14(15)16/h6-7,13H,2-5,11H2,1H3. The molecule has 8 nitrogen and oxygen atoms in total. The molecule has 0 aliphatic carbocycles. The van der Waals surface area contributed by atoms with Crippen molar-refractivity contribution in [1.29, 1.82) is 0 Å². The molecule has 0 unspecified atom stereocenters. The van der Waals surface area contributed by atoms with Crippen molar-refractivity contribution in [2.45, 2.75) is 31.1 Å². The van der Waals surface area contributed by atoms with Crippen molar-refractivity contribution in [3.05, 3.63) is 22.5 Å². The summed E-state index contributed by atoms with van der Waals surface area (Å²) in [6, 6.07) is 0. The first-order chi connectivity index (χ1) is 8.90. The van der Waals surface area contributed by atoms with Gasteiger partial charge in [0.2, 0.25) is 10.0 Å². The third-order valence-electron chi connectivity index (χ3n) is 2.46. The van der Waals surface area contributed by atoms with Crippen molar-refractivity contribution in [2.75, 3.05) is 12.3 Å². The molecule has 0 bridgehead atoms. The second-order valence-corrected chi connectivity index (χ2v) is 5.67. The van der Waals surface area contributed by atoms with Gasteiger partial charge in [0, 0.05) is 6.54 Å². The summed E-state index contributed by atoms with van der Waals surface area (Å²) < 4.78 is 26.2. The van der Waals surface area contributed by atoms with E-state index in [4.69, 9.17) is 5.73 Å². The Morgan fingerprint density at radius 2 is 2.11 bits per heavy atom. The minimum absolute atomic E-state index is 0.224. The van der Waals surface area contributed by atoms with Crippen LogP contribution < -0.4 is 10.5 Å². The second-order valence-electron chi connectivity index (χ2n) is 3.94. The first kappa shape index (κ1) is 15.3. The van der Waals surface area contributed by atoms with Crippen molar-refractivity contribution in [3.8, 4) is 0 Å². The molecule has 0 aromatic carbocycles. The molecule has 1 rings (SSSR count). The fourth-order valence-electron chi connectivity index (χ4n) is 1.50. The summed E-state index contributed by atoms with van der Waals surface area (Å²) in [6.07, 6.45) is 4.46. The molecule has 0 fully saturated rings. The summed E-state index contributed by atoms with van der Waals surface area (Å²) in [5.74, 6) is 0. The maximum atomic E-state index is 12.0. The second kappa shape index (κ2) is 6.43. The van der Waals surface area contributed by atoms with Crippen molar-refractivity contribution in [1.82, 2.24) is 9.71 Å². The molecule has 106 valence electrons. The van der Waals surface area contributed by atoms with Crippen LogP contribution in [0.2, 0.25) is 0 Å². The van der Waals surface area contributed by atoms with E-state index in [1.807, 2.05) is 6.92 Å². The quantitative estimate of drug-likeness (QED) is 0.438. The fraction of sp³-hybridized carbons (Fsp3) is 0.500. The van der Waals surface area contributed by atoms with Gasteiger partial charge in [0.25, 0.3) is 0 Å². The van der Waals surface area contributed by atoms with Gasteiger partial charge < -0.3 is 5.73 Å². The third-order valence-corrected chi connectivity index (χ3v) is 3.92. The normalized spacial score (nSPS) is 11.4. The zero-order chi connectivity index (χ0) is 14.5. The molecule has 0 saturated heterocycles. The van der Waals surface area contributed by atoms with Crippen LogP contribution in [0.3, 0.4) is 0 Å². The van der Waals surface area contributed by atoms with Crippen LogP contribution in [-0.4, -0.2) is 24.9 Å². The van der Waals surface area contributed by atoms with Gasteiger partial charge in [-0.1, -0.05) is 19.8 Å². The number of aromatic nitrogens is 1. The Bertz CT molecular complexity index is 559. The van der Waals surface area contributed by atoms with Gasteiger partial charge in [-0.25, -0.2) is 13.1 Å². The summed E-state index contributed by atoms with van der Waals surface area (Å²) >= 11 is 0. The minimum Gasteiger partial charge on any atom is -0.392 e. The minimum atomic E-state index is -3.97. The monoisotopic (exact) mass is 288 g/mol. The molecule has 9 heteroatoms. The molecule has 0 aliphatic heterocycles. The van der Waals surface area contributed by atoms with Crippen LogP contribution in [0.1, 0.15) is 26.2 Å². The van der Waals surface area contributed by atoms with Crippen LogP contribution in [0.5, 0.6) is 0 Å². The van der Waals surface area contributed by atoms with Gasteiger partial charge in [-0.3, -0.25) is 15.1 Å². The van der Waals surface area contributed by atoms with Gasteiger partial charge in [0.1, 0.15) is 5.69 Å². The van der Waals surface area contributed by atoms with E-state index in [1.54, 1.807) is 0 Å². The zero-order valence-corrected chi connectivity index (χ0v) is 11.3. The number of pyridine rings is 1. The van der Waals surface area contributed by atoms with Crippen molar-refractivity contribution < 1.29 is 13.3 Å². The molecule has 0 aliphatic rings. The number of rotatable bonds is 7. The molecule has 0 radical (unpaired) electrons. The molecule has 0 spiro atoms. The van der Waals surface area contributed by atoms with Crippen LogP contribution in [0.15, 0.2) is 17.3 Å². The number of nitrogens with one attached hydrogen (secondary N) is 1. The lowest BCUT2D eigenvalue weighted by atomic mass is 10.3. The number of anilines is 1. The molecule has 1 aromatic heterocycles. The number of nitrogen functional groups attached to an aromatic ring is 1. The van der Waals surface area contributed by atoms with Gasteiger partial charge in [-0.15, -0.1) is 0 Å². The number of unbranched alkanes of at least 4 members (excludes halogenated alkanes) is 2. The highest BCUT2D eigenvalue weighted by Gasteiger charge is 2.28. The summed E-state index contributed by atoms with van der Waals surface area (Å²) in [7, 11) is -3.97. The van der Waals surface area contributed by atoms with Crippen LogP contribution in [0.4, 0.5) is 11.4 Å². The van der Waals surface area contributed by atoms with E-state index in [0.717, 1.165) is 25.2 Å². The van der Waals surface area contributed by atoms with Gasteiger partial charge in [-0.2, -0.15) is 0 Å². The van der Waals surface area contributed by atoms with Crippen LogP contribution in [0, 0.1) is 10.1 Å². The first-order valence-electron chi connectivity index (χ1n) is 5.77. The Morgan fingerprint density at radius 3 is 2.68 bits per heavy atom. The maximum Gasteiger partial charge on any atom is 0.315 e. The Morgan fingerprint density at radius 1 is 1.42 bits per heavy atom. The highest BCUT2D eigenvalue weighted by molar-refractivity contribution is 7.89. The van der Waals surface area contributed by atoms with Crippen molar-refractivity contribution in [3.63, 3.8) is 0 Å². The summed E-state index contributed by atoms with van der Waals surface area (Å²) in [6.45, 7) is 2.21. The predicted molar refractivity (Wildman–Crippen MR) is 70.0 cm³/mol. The number of sulfonamides is 1. The average molecular weight is 288 g/mol. The van der Waals surface area contributed by atoms with Gasteiger partial charge in [-0.05, 0) is 6.42 Å².